The first kappa shape index (κ1) is 12.1. The summed E-state index contributed by atoms with van der Waals surface area (Å²) in [5, 5.41) is 19.3. The second kappa shape index (κ2) is 5.30. The number of aliphatic carboxylic acids is 1. The molecule has 3 nitrogen and oxygen atoms in total. The minimum Gasteiger partial charge on any atom is -0.544 e. The van der Waals surface area contributed by atoms with E-state index in [0.717, 1.165) is 15.3 Å². The molecular weight excluding hydrogens is 246 g/mol. The van der Waals surface area contributed by atoms with Crippen molar-refractivity contribution in [3.05, 3.63) is 52.9 Å². The fourth-order valence-electron chi connectivity index (χ4n) is 1.47. The van der Waals surface area contributed by atoms with E-state index in [2.05, 4.69) is 0 Å². The highest BCUT2D eigenvalue weighted by atomic mass is 32.1. The topological polar surface area (TPSA) is 63.9 Å². The van der Waals surface area contributed by atoms with Crippen LogP contribution in [0.1, 0.15) is 4.88 Å². The van der Waals surface area contributed by atoms with Crippen molar-refractivity contribution in [2.45, 2.75) is 0 Å². The van der Waals surface area contributed by atoms with Crippen LogP contribution >= 0.6 is 11.3 Å². The average molecular weight is 254 g/mol. The van der Waals surface area contributed by atoms with Crippen LogP contribution in [-0.4, -0.2) is 5.97 Å². The number of carbonyl (C=O) groups is 1. The number of thiophene rings is 1. The van der Waals surface area contributed by atoms with E-state index in [9.17, 15) is 9.90 Å². The van der Waals surface area contributed by atoms with E-state index in [1.807, 2.05) is 36.4 Å². The molecule has 18 heavy (non-hydrogen) atoms. The Bertz CT molecular complexity index is 635. The fourth-order valence-corrected chi connectivity index (χ4v) is 2.42. The summed E-state index contributed by atoms with van der Waals surface area (Å²) in [5.41, 5.74) is 0.700. The zero-order chi connectivity index (χ0) is 13.0. The molecule has 0 saturated carbocycles. The standard InChI is InChI=1S/C14H9NO2S/c15-9-11(14(16)17)8-12-6-7-13(18-12)10-4-2-1-3-5-10/h1-8H,(H,16,17)/p-1/b11-8+. The van der Waals surface area contributed by atoms with Gasteiger partial charge in [0.15, 0.2) is 0 Å². The highest BCUT2D eigenvalue weighted by Crippen LogP contribution is 2.28. The van der Waals surface area contributed by atoms with E-state index in [0.29, 0.717) is 0 Å². The number of nitriles is 1. The summed E-state index contributed by atoms with van der Waals surface area (Å²) < 4.78 is 0. The molecule has 2 aromatic rings. The minimum atomic E-state index is -1.45. The summed E-state index contributed by atoms with van der Waals surface area (Å²) in [6.45, 7) is 0. The number of benzene rings is 1. The third kappa shape index (κ3) is 2.65. The summed E-state index contributed by atoms with van der Waals surface area (Å²) in [6.07, 6.45) is 1.33. The lowest BCUT2D eigenvalue weighted by molar-refractivity contribution is -0.298. The summed E-state index contributed by atoms with van der Waals surface area (Å²) in [6, 6.07) is 15.0. The van der Waals surface area contributed by atoms with Gasteiger partial charge in [0, 0.05) is 9.75 Å². The highest BCUT2D eigenvalue weighted by Gasteiger charge is 2.02. The number of nitrogens with zero attached hydrogens (tertiary/aromatic N) is 1. The summed E-state index contributed by atoms with van der Waals surface area (Å²) in [4.78, 5) is 12.4. The van der Waals surface area contributed by atoms with Gasteiger partial charge in [0.05, 0.1) is 11.5 Å². The van der Waals surface area contributed by atoms with Gasteiger partial charge in [-0.1, -0.05) is 30.3 Å². The number of carbonyl (C=O) groups excluding carboxylic acids is 1. The molecule has 0 saturated heterocycles. The van der Waals surface area contributed by atoms with Crippen molar-refractivity contribution in [2.24, 2.45) is 0 Å². The average Bonchev–Trinajstić information content (AvgIpc) is 2.85. The van der Waals surface area contributed by atoms with Crippen molar-refractivity contribution < 1.29 is 9.90 Å². The van der Waals surface area contributed by atoms with Crippen molar-refractivity contribution in [3.8, 4) is 16.5 Å². The van der Waals surface area contributed by atoms with Crippen LogP contribution in [0.2, 0.25) is 0 Å². The van der Waals surface area contributed by atoms with Crippen molar-refractivity contribution in [2.75, 3.05) is 0 Å². The number of rotatable bonds is 3. The zero-order valence-corrected chi connectivity index (χ0v) is 10.1. The van der Waals surface area contributed by atoms with Gasteiger partial charge in [0.25, 0.3) is 0 Å². The molecule has 0 radical (unpaired) electrons. The van der Waals surface area contributed by atoms with Crippen LogP contribution in [-0.2, 0) is 4.79 Å². The molecule has 0 aliphatic rings. The Labute approximate surface area is 108 Å². The van der Waals surface area contributed by atoms with Crippen LogP contribution in [0.5, 0.6) is 0 Å². The van der Waals surface area contributed by atoms with Crippen LogP contribution in [0.3, 0.4) is 0 Å². The molecule has 0 fully saturated rings. The fraction of sp³-hybridized carbons (Fsp3) is 0. The largest absolute Gasteiger partial charge is 0.544 e. The Morgan fingerprint density at radius 2 is 1.94 bits per heavy atom. The third-order valence-corrected chi connectivity index (χ3v) is 3.39. The normalized spacial score (nSPS) is 10.9. The van der Waals surface area contributed by atoms with Gasteiger partial charge in [-0.15, -0.1) is 11.3 Å². The number of carboxylic acid groups (broad SMARTS) is 1. The third-order valence-electron chi connectivity index (χ3n) is 2.31. The Kier molecular flexibility index (Phi) is 3.56. The van der Waals surface area contributed by atoms with Gasteiger partial charge < -0.3 is 9.90 Å². The molecular formula is C14H8NO2S-. The lowest BCUT2D eigenvalue weighted by Crippen LogP contribution is -2.23. The van der Waals surface area contributed by atoms with Gasteiger partial charge >= 0.3 is 0 Å². The maximum atomic E-state index is 10.6. The van der Waals surface area contributed by atoms with Gasteiger partial charge in [0.1, 0.15) is 6.07 Å². The van der Waals surface area contributed by atoms with E-state index in [1.165, 1.54) is 17.4 Å². The van der Waals surface area contributed by atoms with Gasteiger partial charge in [-0.2, -0.15) is 5.26 Å². The number of hydrogen-bond donors (Lipinski definition) is 0. The van der Waals surface area contributed by atoms with E-state index in [4.69, 9.17) is 5.26 Å². The van der Waals surface area contributed by atoms with Gasteiger partial charge in [-0.05, 0) is 23.8 Å². The maximum Gasteiger partial charge on any atom is 0.101 e. The molecule has 1 heterocycles. The maximum absolute atomic E-state index is 10.6. The van der Waals surface area contributed by atoms with Crippen molar-refractivity contribution in [1.82, 2.24) is 0 Å². The van der Waals surface area contributed by atoms with Crippen LogP contribution in [0.15, 0.2) is 48.0 Å². The Balaban J connectivity index is 2.33. The molecule has 1 aromatic carbocycles. The quantitative estimate of drug-likeness (QED) is 0.622. The van der Waals surface area contributed by atoms with Crippen LogP contribution in [0.4, 0.5) is 0 Å². The first-order chi connectivity index (χ1) is 8.70. The molecule has 0 aliphatic heterocycles. The molecule has 88 valence electrons. The van der Waals surface area contributed by atoms with E-state index >= 15 is 0 Å². The van der Waals surface area contributed by atoms with Gasteiger partial charge in [-0.25, -0.2) is 0 Å². The lowest BCUT2D eigenvalue weighted by Gasteiger charge is -1.97. The molecule has 4 heteroatoms. The SMILES string of the molecule is N#C/C(=C\c1ccc(-c2ccccc2)s1)C(=O)[O-]. The number of carboxylic acids is 1. The minimum absolute atomic E-state index is 0.364. The van der Waals surface area contributed by atoms with E-state index < -0.39 is 5.97 Å². The highest BCUT2D eigenvalue weighted by molar-refractivity contribution is 7.16. The Hall–Kier alpha value is -2.38. The van der Waals surface area contributed by atoms with Gasteiger partial charge in [-0.3, -0.25) is 0 Å². The van der Waals surface area contributed by atoms with E-state index in [-0.39, 0.29) is 5.57 Å². The monoisotopic (exact) mass is 254 g/mol. The molecule has 0 N–H and O–H groups in total. The second-order valence-corrected chi connectivity index (χ2v) is 4.64. The van der Waals surface area contributed by atoms with Crippen molar-refractivity contribution in [1.29, 1.82) is 5.26 Å². The van der Waals surface area contributed by atoms with Crippen molar-refractivity contribution in [3.63, 3.8) is 0 Å². The van der Waals surface area contributed by atoms with Crippen molar-refractivity contribution >= 4 is 23.4 Å². The molecule has 0 unspecified atom stereocenters. The van der Waals surface area contributed by atoms with Gasteiger partial charge in [0.2, 0.25) is 0 Å². The van der Waals surface area contributed by atoms with E-state index in [1.54, 1.807) is 12.1 Å². The molecule has 0 atom stereocenters. The zero-order valence-electron chi connectivity index (χ0n) is 9.29. The second-order valence-electron chi connectivity index (χ2n) is 3.53. The Morgan fingerprint density at radius 3 is 2.56 bits per heavy atom. The first-order valence-electron chi connectivity index (χ1n) is 5.19. The summed E-state index contributed by atoms with van der Waals surface area (Å²) in [7, 11) is 0. The van der Waals surface area contributed by atoms with Crippen LogP contribution < -0.4 is 5.11 Å². The predicted octanol–water partition coefficient (Wildman–Crippen LogP) is 2.07. The smallest absolute Gasteiger partial charge is 0.101 e. The molecule has 0 bridgehead atoms. The number of hydrogen-bond acceptors (Lipinski definition) is 4. The summed E-state index contributed by atoms with van der Waals surface area (Å²) >= 11 is 1.43. The predicted molar refractivity (Wildman–Crippen MR) is 68.4 cm³/mol. The molecule has 2 rings (SSSR count). The lowest BCUT2D eigenvalue weighted by atomic mass is 10.2. The summed E-state index contributed by atoms with van der Waals surface area (Å²) in [5.74, 6) is -1.45. The molecule has 0 spiro atoms. The molecule has 1 aromatic heterocycles. The van der Waals surface area contributed by atoms with Crippen LogP contribution in [0, 0.1) is 11.3 Å². The molecule has 0 aliphatic carbocycles. The molecule has 0 amide bonds. The first-order valence-corrected chi connectivity index (χ1v) is 6.01. The van der Waals surface area contributed by atoms with Crippen LogP contribution in [0.25, 0.3) is 16.5 Å². The Morgan fingerprint density at radius 1 is 1.22 bits per heavy atom.